The third-order valence-corrected chi connectivity index (χ3v) is 3.69. The molecule has 0 aliphatic rings. The molecule has 1 unspecified atom stereocenters. The minimum absolute atomic E-state index is 0.276. The number of aliphatic hydroxyl groups is 1. The van der Waals surface area contributed by atoms with Gasteiger partial charge < -0.3 is 20.3 Å². The highest BCUT2D eigenvalue weighted by atomic mass is 16.3. The number of nitrogens with zero attached hydrogens (tertiary/aromatic N) is 2. The van der Waals surface area contributed by atoms with Gasteiger partial charge in [0.05, 0.1) is 6.10 Å². The molecule has 1 atom stereocenters. The number of rotatable bonds is 8. The number of nitrogens with one attached hydrogen (secondary N) is 2. The molecule has 24 heavy (non-hydrogen) atoms. The molecule has 0 aliphatic carbocycles. The van der Waals surface area contributed by atoms with Crippen molar-refractivity contribution in [2.24, 2.45) is 0 Å². The maximum absolute atomic E-state index is 11.9. The van der Waals surface area contributed by atoms with Gasteiger partial charge >= 0.3 is 6.03 Å². The smallest absolute Gasteiger partial charge is 0.319 e. The van der Waals surface area contributed by atoms with Crippen molar-refractivity contribution in [2.75, 3.05) is 11.9 Å². The number of benzene rings is 1. The summed E-state index contributed by atoms with van der Waals surface area (Å²) in [5, 5.41) is 14.7. The molecule has 130 valence electrons. The summed E-state index contributed by atoms with van der Waals surface area (Å²) in [7, 11) is 0. The summed E-state index contributed by atoms with van der Waals surface area (Å²) in [6.07, 6.45) is 6.12. The van der Waals surface area contributed by atoms with Gasteiger partial charge in [-0.05, 0) is 31.9 Å². The minimum atomic E-state index is -0.421. The van der Waals surface area contributed by atoms with Gasteiger partial charge in [0.2, 0.25) is 0 Å². The summed E-state index contributed by atoms with van der Waals surface area (Å²) in [5.74, 6) is 0.904. The highest BCUT2D eigenvalue weighted by Crippen LogP contribution is 2.21. The molecule has 1 heterocycles. The van der Waals surface area contributed by atoms with Gasteiger partial charge in [0.1, 0.15) is 5.82 Å². The van der Waals surface area contributed by atoms with Crippen LogP contribution in [0.3, 0.4) is 0 Å². The average Bonchev–Trinajstić information content (AvgIpc) is 3.01. The molecular formula is C18H26N4O2. The predicted octanol–water partition coefficient (Wildman–Crippen LogP) is 3.24. The molecule has 3 N–H and O–H groups in total. The first-order chi connectivity index (χ1) is 11.6. The number of unbranched alkanes of at least 4 members (excludes halogenated alkanes) is 1. The minimum Gasteiger partial charge on any atom is -0.393 e. The molecule has 1 aromatic carbocycles. The van der Waals surface area contributed by atoms with Crippen LogP contribution >= 0.6 is 0 Å². The largest absolute Gasteiger partial charge is 0.393 e. The van der Waals surface area contributed by atoms with Crippen LogP contribution in [0.25, 0.3) is 11.4 Å². The molecule has 0 spiro atoms. The van der Waals surface area contributed by atoms with Crippen LogP contribution in [0.15, 0.2) is 36.7 Å². The van der Waals surface area contributed by atoms with Crippen molar-refractivity contribution in [3.05, 3.63) is 36.7 Å². The van der Waals surface area contributed by atoms with E-state index in [-0.39, 0.29) is 6.03 Å². The number of carbonyl (C=O) groups excluding carboxylic acids is 1. The number of imidazole rings is 1. The van der Waals surface area contributed by atoms with Crippen molar-refractivity contribution >= 4 is 11.7 Å². The Kier molecular flexibility index (Phi) is 6.81. The average molecular weight is 330 g/mol. The Morgan fingerprint density at radius 3 is 3.00 bits per heavy atom. The van der Waals surface area contributed by atoms with Crippen molar-refractivity contribution in [1.29, 1.82) is 0 Å². The summed E-state index contributed by atoms with van der Waals surface area (Å²) < 4.78 is 2.13. The molecule has 0 fully saturated rings. The van der Waals surface area contributed by atoms with Gasteiger partial charge in [-0.1, -0.05) is 25.5 Å². The molecule has 2 aromatic rings. The van der Waals surface area contributed by atoms with Crippen molar-refractivity contribution < 1.29 is 9.90 Å². The van der Waals surface area contributed by atoms with Gasteiger partial charge in [0.15, 0.2) is 0 Å². The molecule has 0 radical (unpaired) electrons. The number of aromatic nitrogens is 2. The van der Waals surface area contributed by atoms with Gasteiger partial charge in [0, 0.05) is 36.7 Å². The van der Waals surface area contributed by atoms with Crippen molar-refractivity contribution in [3.8, 4) is 11.4 Å². The number of anilines is 1. The number of urea groups is 1. The highest BCUT2D eigenvalue weighted by Gasteiger charge is 2.08. The van der Waals surface area contributed by atoms with E-state index >= 15 is 0 Å². The van der Waals surface area contributed by atoms with E-state index in [4.69, 9.17) is 0 Å². The van der Waals surface area contributed by atoms with Gasteiger partial charge in [-0.2, -0.15) is 0 Å². The quantitative estimate of drug-likeness (QED) is 0.695. The first-order valence-electron chi connectivity index (χ1n) is 8.44. The molecule has 2 amide bonds. The summed E-state index contributed by atoms with van der Waals surface area (Å²) in [5.41, 5.74) is 1.69. The topological polar surface area (TPSA) is 79.2 Å². The van der Waals surface area contributed by atoms with E-state index in [1.165, 1.54) is 0 Å². The van der Waals surface area contributed by atoms with Crippen molar-refractivity contribution in [3.63, 3.8) is 0 Å². The van der Waals surface area contributed by atoms with Crippen molar-refractivity contribution in [2.45, 2.75) is 45.8 Å². The zero-order chi connectivity index (χ0) is 17.4. The van der Waals surface area contributed by atoms with Gasteiger partial charge in [0.25, 0.3) is 0 Å². The summed E-state index contributed by atoms with van der Waals surface area (Å²) >= 11 is 0. The third-order valence-electron chi connectivity index (χ3n) is 3.69. The number of aryl methyl sites for hydroxylation is 1. The number of carbonyl (C=O) groups is 1. The number of amides is 2. The standard InChI is InChI=1S/C18H26N4O2/c1-3-4-11-22-12-10-19-17(22)15-6-5-7-16(13-15)21-18(24)20-9-8-14(2)23/h5-7,10,12-14,23H,3-4,8-9,11H2,1-2H3,(H2,20,21,24). The van der Waals surface area contributed by atoms with E-state index < -0.39 is 6.10 Å². The monoisotopic (exact) mass is 330 g/mol. The zero-order valence-corrected chi connectivity index (χ0v) is 14.3. The van der Waals surface area contributed by atoms with Crippen LogP contribution in [-0.2, 0) is 6.54 Å². The lowest BCUT2D eigenvalue weighted by Gasteiger charge is -2.11. The van der Waals surface area contributed by atoms with E-state index in [1.54, 1.807) is 13.1 Å². The van der Waals surface area contributed by atoms with Crippen LogP contribution in [0, 0.1) is 0 Å². The van der Waals surface area contributed by atoms with E-state index in [0.29, 0.717) is 18.7 Å². The lowest BCUT2D eigenvalue weighted by atomic mass is 10.2. The first-order valence-corrected chi connectivity index (χ1v) is 8.44. The van der Waals surface area contributed by atoms with E-state index in [1.807, 2.05) is 30.5 Å². The SMILES string of the molecule is CCCCn1ccnc1-c1cccc(NC(=O)NCCC(C)O)c1. The first kappa shape index (κ1) is 18.0. The van der Waals surface area contributed by atoms with Crippen LogP contribution in [0.5, 0.6) is 0 Å². The second-order valence-corrected chi connectivity index (χ2v) is 5.90. The molecule has 2 rings (SSSR count). The number of hydrogen-bond acceptors (Lipinski definition) is 3. The Morgan fingerprint density at radius 2 is 2.25 bits per heavy atom. The Labute approximate surface area is 142 Å². The maximum Gasteiger partial charge on any atom is 0.319 e. The Morgan fingerprint density at radius 1 is 1.42 bits per heavy atom. The third kappa shape index (κ3) is 5.38. The second kappa shape index (κ2) is 9.08. The molecule has 0 bridgehead atoms. The normalized spacial score (nSPS) is 12.0. The Bertz CT molecular complexity index is 652. The number of hydrogen-bond donors (Lipinski definition) is 3. The molecular weight excluding hydrogens is 304 g/mol. The predicted molar refractivity (Wildman–Crippen MR) is 95.9 cm³/mol. The second-order valence-electron chi connectivity index (χ2n) is 5.90. The van der Waals surface area contributed by atoms with Crippen LogP contribution in [0.4, 0.5) is 10.5 Å². The highest BCUT2D eigenvalue weighted by molar-refractivity contribution is 5.89. The van der Waals surface area contributed by atoms with Crippen LogP contribution in [0.2, 0.25) is 0 Å². The summed E-state index contributed by atoms with van der Waals surface area (Å²) in [6, 6.07) is 7.37. The molecule has 0 saturated heterocycles. The lowest BCUT2D eigenvalue weighted by molar-refractivity contribution is 0.184. The fourth-order valence-electron chi connectivity index (χ4n) is 2.38. The van der Waals surface area contributed by atoms with Crippen LogP contribution in [0.1, 0.15) is 33.1 Å². The summed E-state index contributed by atoms with van der Waals surface area (Å²) in [4.78, 5) is 16.3. The maximum atomic E-state index is 11.9. The van der Waals surface area contributed by atoms with Crippen LogP contribution < -0.4 is 10.6 Å². The zero-order valence-electron chi connectivity index (χ0n) is 14.3. The van der Waals surface area contributed by atoms with Gasteiger partial charge in [-0.3, -0.25) is 0 Å². The molecule has 6 nitrogen and oxygen atoms in total. The number of aliphatic hydroxyl groups excluding tert-OH is 1. The lowest BCUT2D eigenvalue weighted by Crippen LogP contribution is -2.30. The van der Waals surface area contributed by atoms with E-state index in [9.17, 15) is 9.90 Å². The van der Waals surface area contributed by atoms with Gasteiger partial charge in [-0.25, -0.2) is 9.78 Å². The molecule has 1 aromatic heterocycles. The fourth-order valence-corrected chi connectivity index (χ4v) is 2.38. The fraction of sp³-hybridized carbons (Fsp3) is 0.444. The Hall–Kier alpha value is -2.34. The van der Waals surface area contributed by atoms with Crippen LogP contribution in [-0.4, -0.2) is 33.3 Å². The van der Waals surface area contributed by atoms with Crippen molar-refractivity contribution in [1.82, 2.24) is 14.9 Å². The van der Waals surface area contributed by atoms with Gasteiger partial charge in [-0.15, -0.1) is 0 Å². The van der Waals surface area contributed by atoms with E-state index in [0.717, 1.165) is 30.8 Å². The molecule has 0 saturated carbocycles. The molecule has 6 heteroatoms. The van der Waals surface area contributed by atoms with E-state index in [2.05, 4.69) is 27.1 Å². The Balaban J connectivity index is 2.01. The molecule has 0 aliphatic heterocycles. The summed E-state index contributed by atoms with van der Waals surface area (Å²) in [6.45, 7) is 5.23.